The summed E-state index contributed by atoms with van der Waals surface area (Å²) < 4.78 is 46.4. The van der Waals surface area contributed by atoms with Crippen LogP contribution >= 0.6 is 0 Å². The molecule has 0 aromatic heterocycles. The van der Waals surface area contributed by atoms with Gasteiger partial charge in [-0.1, -0.05) is 91.3 Å². The van der Waals surface area contributed by atoms with Crippen molar-refractivity contribution in [3.63, 3.8) is 0 Å². The minimum Gasteiger partial charge on any atom is -0.328 e. The van der Waals surface area contributed by atoms with Crippen molar-refractivity contribution in [1.29, 1.82) is 0 Å². The van der Waals surface area contributed by atoms with Gasteiger partial charge in [0.15, 0.2) is 0 Å². The lowest BCUT2D eigenvalue weighted by molar-refractivity contribution is -0.896. The summed E-state index contributed by atoms with van der Waals surface area (Å²) in [6.45, 7) is 6.27. The number of halogens is 3. The second-order valence-electron chi connectivity index (χ2n) is 10.5. The summed E-state index contributed by atoms with van der Waals surface area (Å²) in [6, 6.07) is 22.3. The van der Waals surface area contributed by atoms with E-state index in [9.17, 15) is 0 Å². The number of hydrogen-bond acceptors (Lipinski definition) is 0. The highest BCUT2D eigenvalue weighted by Gasteiger charge is 2.58. The zero-order valence-electron chi connectivity index (χ0n) is 19.9. The minimum atomic E-state index is -4.51. The third-order valence-corrected chi connectivity index (χ3v) is 7.67. The Morgan fingerprint density at radius 2 is 1.15 bits per heavy atom. The van der Waals surface area contributed by atoms with Gasteiger partial charge in [-0.15, -0.1) is 0 Å². The monoisotopic (exact) mass is 452 g/mol. The van der Waals surface area contributed by atoms with E-state index in [-0.39, 0.29) is 22.1 Å². The van der Waals surface area contributed by atoms with Gasteiger partial charge in [-0.25, -0.2) is 0 Å². The smallest absolute Gasteiger partial charge is 0.328 e. The van der Waals surface area contributed by atoms with Crippen LogP contribution < -0.4 is 0 Å². The molecule has 174 valence electrons. The Hall–Kier alpha value is -2.59. The maximum atomic E-state index is 15.1. The third-order valence-electron chi connectivity index (χ3n) is 7.67. The van der Waals surface area contributed by atoms with Gasteiger partial charge in [-0.2, -0.15) is 13.2 Å². The van der Waals surface area contributed by atoms with Gasteiger partial charge in [0, 0.05) is 18.3 Å². The van der Waals surface area contributed by atoms with Gasteiger partial charge in [0.1, 0.15) is 5.41 Å². The molecule has 3 aromatic rings. The third kappa shape index (κ3) is 4.21. The number of aryl methyl sites for hydroxylation is 1. The summed E-state index contributed by atoms with van der Waals surface area (Å²) in [5.41, 5.74) is 0.545. The topological polar surface area (TPSA) is 0 Å². The molecule has 1 aliphatic rings. The molecule has 1 heterocycles. The largest absolute Gasteiger partial charge is 0.406 e. The molecule has 0 spiro atoms. The number of benzene rings is 3. The Kier molecular flexibility index (Phi) is 5.94. The standard InChI is InChI=1S/C29H33F3N/c1-22-10-12-25(13-11-22)28(29(30,31)32,24-8-6-5-7-9-24)26-16-14-23(15-17-26)27(2)18-20-33(3,4)21-19-27/h5-17H,18-21H2,1-4H3/q+1. The van der Waals surface area contributed by atoms with Crippen molar-refractivity contribution >= 4 is 0 Å². The number of nitrogens with zero attached hydrogens (tertiary/aromatic N) is 1. The summed E-state index contributed by atoms with van der Waals surface area (Å²) in [5.74, 6) is 0. The highest BCUT2D eigenvalue weighted by molar-refractivity contribution is 5.53. The van der Waals surface area contributed by atoms with Crippen molar-refractivity contribution in [1.82, 2.24) is 0 Å². The molecule has 1 atom stereocenters. The van der Waals surface area contributed by atoms with Crippen LogP contribution in [0.15, 0.2) is 78.9 Å². The fraction of sp³-hybridized carbons (Fsp3) is 0.379. The van der Waals surface area contributed by atoms with E-state index >= 15 is 13.2 Å². The van der Waals surface area contributed by atoms with Crippen LogP contribution in [0.5, 0.6) is 0 Å². The van der Waals surface area contributed by atoms with Gasteiger partial charge >= 0.3 is 6.18 Å². The van der Waals surface area contributed by atoms with Crippen LogP contribution in [0.3, 0.4) is 0 Å². The first kappa shape index (κ1) is 23.6. The summed E-state index contributed by atoms with van der Waals surface area (Å²) in [5, 5.41) is 0. The summed E-state index contributed by atoms with van der Waals surface area (Å²) in [7, 11) is 4.48. The molecule has 0 saturated carbocycles. The van der Waals surface area contributed by atoms with E-state index in [2.05, 4.69) is 21.0 Å². The highest BCUT2D eigenvalue weighted by atomic mass is 19.4. The number of quaternary nitrogens is 1. The molecule has 0 radical (unpaired) electrons. The molecule has 0 bridgehead atoms. The minimum absolute atomic E-state index is 0.0101. The van der Waals surface area contributed by atoms with Crippen molar-refractivity contribution < 1.29 is 17.7 Å². The van der Waals surface area contributed by atoms with Crippen molar-refractivity contribution in [2.45, 2.75) is 43.7 Å². The Labute approximate surface area is 195 Å². The number of hydrogen-bond donors (Lipinski definition) is 0. The fourth-order valence-corrected chi connectivity index (χ4v) is 5.23. The molecule has 4 heteroatoms. The van der Waals surface area contributed by atoms with E-state index in [0.29, 0.717) is 0 Å². The summed E-state index contributed by atoms with van der Waals surface area (Å²) >= 11 is 0. The first-order chi connectivity index (χ1) is 15.5. The van der Waals surface area contributed by atoms with E-state index in [1.807, 2.05) is 19.1 Å². The van der Waals surface area contributed by atoms with Gasteiger partial charge in [-0.3, -0.25) is 0 Å². The zero-order valence-corrected chi connectivity index (χ0v) is 19.9. The highest BCUT2D eigenvalue weighted by Crippen LogP contribution is 2.51. The Balaban J connectivity index is 1.86. The van der Waals surface area contributed by atoms with Gasteiger partial charge in [-0.05, 0) is 29.2 Å². The van der Waals surface area contributed by atoms with E-state index < -0.39 is 11.6 Å². The molecule has 0 amide bonds. The molecular formula is C29H33F3N+. The van der Waals surface area contributed by atoms with Crippen LogP contribution in [0, 0.1) is 6.92 Å². The SMILES string of the molecule is Cc1ccc(C(c2ccccc2)(c2ccc(C3(C)CC[N+](C)(C)CC3)cc2)C(F)(F)F)cc1. The quantitative estimate of drug-likeness (QED) is 0.295. The Bertz CT molecular complexity index is 1070. The molecule has 1 fully saturated rings. The van der Waals surface area contributed by atoms with Crippen LogP contribution in [0.1, 0.15) is 47.6 Å². The Morgan fingerprint density at radius 3 is 1.64 bits per heavy atom. The van der Waals surface area contributed by atoms with E-state index in [0.717, 1.165) is 41.5 Å². The second-order valence-corrected chi connectivity index (χ2v) is 10.5. The number of rotatable bonds is 4. The molecule has 1 saturated heterocycles. The molecule has 1 aliphatic heterocycles. The lowest BCUT2D eigenvalue weighted by Crippen LogP contribution is -2.50. The Morgan fingerprint density at radius 1 is 0.697 bits per heavy atom. The zero-order chi connectivity index (χ0) is 23.9. The van der Waals surface area contributed by atoms with Gasteiger partial charge in [0.2, 0.25) is 0 Å². The molecule has 33 heavy (non-hydrogen) atoms. The lowest BCUT2D eigenvalue weighted by atomic mass is 9.67. The predicted octanol–water partition coefficient (Wildman–Crippen LogP) is 7.02. The average Bonchev–Trinajstić information content (AvgIpc) is 2.78. The number of alkyl halides is 3. The van der Waals surface area contributed by atoms with Crippen LogP contribution in [0.4, 0.5) is 13.2 Å². The normalized spacial score (nSPS) is 19.6. The number of likely N-dealkylation sites (tertiary alicyclic amines) is 1. The van der Waals surface area contributed by atoms with Crippen molar-refractivity contribution in [2.24, 2.45) is 0 Å². The summed E-state index contributed by atoms with van der Waals surface area (Å²) in [6.07, 6.45) is -2.46. The van der Waals surface area contributed by atoms with Gasteiger partial charge < -0.3 is 4.48 Å². The van der Waals surface area contributed by atoms with Crippen LogP contribution in [0.2, 0.25) is 0 Å². The van der Waals surface area contributed by atoms with Gasteiger partial charge in [0.25, 0.3) is 0 Å². The van der Waals surface area contributed by atoms with Crippen LogP contribution in [-0.4, -0.2) is 37.8 Å². The van der Waals surface area contributed by atoms with Crippen molar-refractivity contribution in [2.75, 3.05) is 27.2 Å². The first-order valence-corrected chi connectivity index (χ1v) is 11.6. The lowest BCUT2D eigenvalue weighted by Gasteiger charge is -2.43. The average molecular weight is 453 g/mol. The molecule has 1 nitrogen and oxygen atoms in total. The maximum absolute atomic E-state index is 15.1. The molecule has 0 aliphatic carbocycles. The van der Waals surface area contributed by atoms with E-state index in [4.69, 9.17) is 0 Å². The fourth-order valence-electron chi connectivity index (χ4n) is 5.23. The molecule has 0 N–H and O–H groups in total. The maximum Gasteiger partial charge on any atom is 0.406 e. The van der Waals surface area contributed by atoms with E-state index in [1.54, 1.807) is 66.7 Å². The van der Waals surface area contributed by atoms with Crippen molar-refractivity contribution in [3.05, 3.63) is 107 Å². The predicted molar refractivity (Wildman–Crippen MR) is 128 cm³/mol. The van der Waals surface area contributed by atoms with Crippen LogP contribution in [0.25, 0.3) is 0 Å². The summed E-state index contributed by atoms with van der Waals surface area (Å²) in [4.78, 5) is 0. The molecule has 4 rings (SSSR count). The molecule has 3 aromatic carbocycles. The number of piperidine rings is 1. The van der Waals surface area contributed by atoms with Crippen LogP contribution in [-0.2, 0) is 10.8 Å². The molecular weight excluding hydrogens is 419 g/mol. The molecule has 1 unspecified atom stereocenters. The van der Waals surface area contributed by atoms with Gasteiger partial charge in [0.05, 0.1) is 27.2 Å². The first-order valence-electron chi connectivity index (χ1n) is 11.6. The van der Waals surface area contributed by atoms with Crippen molar-refractivity contribution in [3.8, 4) is 0 Å². The van der Waals surface area contributed by atoms with E-state index in [1.165, 1.54) is 0 Å². The second kappa shape index (κ2) is 8.32.